The number of ether oxygens (including phenoxy) is 2. The molecule has 214 valence electrons. The van der Waals surface area contributed by atoms with Gasteiger partial charge in [-0.25, -0.2) is 14.5 Å². The molecule has 5 aliphatic rings. The highest BCUT2D eigenvalue weighted by atomic mass is 35.5. The zero-order valence-corrected chi connectivity index (χ0v) is 24.1. The lowest BCUT2D eigenvalue weighted by Crippen LogP contribution is -2.54. The Morgan fingerprint density at radius 2 is 1.59 bits per heavy atom. The Kier molecular flexibility index (Phi) is 7.32. The van der Waals surface area contributed by atoms with E-state index in [9.17, 15) is 19.2 Å². The third-order valence-corrected chi connectivity index (χ3v) is 9.41. The smallest absolute Gasteiger partial charge is 0.344 e. The number of urea groups is 1. The van der Waals surface area contributed by atoms with Gasteiger partial charge in [-0.1, -0.05) is 35.3 Å². The van der Waals surface area contributed by atoms with Crippen LogP contribution in [0, 0.1) is 17.8 Å². The van der Waals surface area contributed by atoms with Crippen LogP contribution in [0.4, 0.5) is 10.5 Å². The number of benzene rings is 2. The summed E-state index contributed by atoms with van der Waals surface area (Å²) in [5.74, 6) is 0.315. The number of halogens is 2. The minimum atomic E-state index is -0.823. The van der Waals surface area contributed by atoms with Crippen molar-refractivity contribution in [3.05, 3.63) is 63.1 Å². The van der Waals surface area contributed by atoms with Crippen LogP contribution in [0.3, 0.4) is 0 Å². The van der Waals surface area contributed by atoms with E-state index in [1.165, 1.54) is 62.3 Å². The summed E-state index contributed by atoms with van der Waals surface area (Å²) in [5.41, 5.74) is 1.94. The summed E-state index contributed by atoms with van der Waals surface area (Å²) in [7, 11) is 0. The molecule has 7 rings (SSSR count). The zero-order chi connectivity index (χ0) is 28.9. The van der Waals surface area contributed by atoms with Crippen molar-refractivity contribution in [2.45, 2.75) is 50.9 Å². The number of carbonyl (C=O) groups excluding carboxylic acids is 4. The first-order valence-corrected chi connectivity index (χ1v) is 14.7. The van der Waals surface area contributed by atoms with Crippen molar-refractivity contribution < 1.29 is 28.7 Å². The lowest BCUT2D eigenvalue weighted by Gasteiger charge is -2.57. The molecule has 8 nitrogen and oxygen atoms in total. The first kappa shape index (κ1) is 27.8. The van der Waals surface area contributed by atoms with E-state index in [4.69, 9.17) is 32.7 Å². The van der Waals surface area contributed by atoms with E-state index in [0.717, 1.165) is 22.7 Å². The molecule has 2 aromatic carbocycles. The van der Waals surface area contributed by atoms with E-state index >= 15 is 0 Å². The Bertz CT molecular complexity index is 1410. The number of carbonyl (C=O) groups is 4. The predicted molar refractivity (Wildman–Crippen MR) is 154 cm³/mol. The van der Waals surface area contributed by atoms with Crippen LogP contribution in [0.15, 0.2) is 42.0 Å². The van der Waals surface area contributed by atoms with Crippen LogP contribution in [0.2, 0.25) is 10.0 Å². The number of anilines is 1. The summed E-state index contributed by atoms with van der Waals surface area (Å²) < 4.78 is 10.2. The average molecular weight is 597 g/mol. The molecule has 0 aromatic heterocycles. The van der Waals surface area contributed by atoms with E-state index in [1.54, 1.807) is 19.1 Å². The maximum absolute atomic E-state index is 13.5. The third-order valence-electron chi connectivity index (χ3n) is 8.85. The van der Waals surface area contributed by atoms with Gasteiger partial charge in [0.1, 0.15) is 5.57 Å². The fourth-order valence-electron chi connectivity index (χ4n) is 7.62. The fourth-order valence-corrected chi connectivity index (χ4v) is 8.23. The molecule has 2 aromatic rings. The van der Waals surface area contributed by atoms with Gasteiger partial charge >= 0.3 is 12.0 Å². The van der Waals surface area contributed by atoms with Gasteiger partial charge in [0.2, 0.25) is 0 Å². The monoisotopic (exact) mass is 596 g/mol. The van der Waals surface area contributed by atoms with Gasteiger partial charge in [0.05, 0.1) is 22.3 Å². The first-order valence-electron chi connectivity index (χ1n) is 13.9. The molecule has 1 saturated heterocycles. The normalized spacial score (nSPS) is 27.8. The molecular weight excluding hydrogens is 567 g/mol. The van der Waals surface area contributed by atoms with Crippen LogP contribution >= 0.6 is 23.2 Å². The minimum Gasteiger partial charge on any atom is -0.479 e. The molecule has 4 aliphatic carbocycles. The van der Waals surface area contributed by atoms with E-state index in [-0.39, 0.29) is 40.0 Å². The second-order valence-electron chi connectivity index (χ2n) is 11.6. The number of esters is 1. The van der Waals surface area contributed by atoms with Crippen LogP contribution < -0.4 is 15.0 Å². The first-order chi connectivity index (χ1) is 19.7. The van der Waals surface area contributed by atoms with Crippen LogP contribution in [-0.2, 0) is 24.5 Å². The molecule has 4 saturated carbocycles. The highest BCUT2D eigenvalue weighted by molar-refractivity contribution is 6.40. The second kappa shape index (κ2) is 10.8. The van der Waals surface area contributed by atoms with Gasteiger partial charge in [0.25, 0.3) is 11.8 Å². The fraction of sp³-hybridized carbons (Fsp3) is 0.419. The van der Waals surface area contributed by atoms with E-state index < -0.39 is 23.8 Å². The minimum absolute atomic E-state index is 0.0684. The van der Waals surface area contributed by atoms with Crippen molar-refractivity contribution >= 4 is 58.8 Å². The standard InChI is InChI=1S/C31H30Cl2N2O6/c1-2-40-26(36)16-41-27-24(32)11-17(12-25(27)33)10-23-28(37)34-30(39)35(29(23)38)22-5-3-21(4-6-22)31-13-18-7-19(14-31)9-20(8-18)15-31/h3-6,10-12,18-20H,2,7-9,13-16H2,1H3,(H,34,37,39)/b23-10+. The van der Waals surface area contributed by atoms with Crippen molar-refractivity contribution in [1.82, 2.24) is 5.32 Å². The van der Waals surface area contributed by atoms with Gasteiger partial charge in [-0.3, -0.25) is 14.9 Å². The van der Waals surface area contributed by atoms with Gasteiger partial charge < -0.3 is 9.47 Å². The molecule has 0 atom stereocenters. The van der Waals surface area contributed by atoms with Crippen LogP contribution in [0.5, 0.6) is 5.75 Å². The van der Waals surface area contributed by atoms with Gasteiger partial charge in [-0.15, -0.1) is 0 Å². The molecule has 0 radical (unpaired) electrons. The van der Waals surface area contributed by atoms with Crippen molar-refractivity contribution in [3.8, 4) is 5.75 Å². The average Bonchev–Trinajstić information content (AvgIpc) is 2.90. The van der Waals surface area contributed by atoms with E-state index in [1.807, 2.05) is 12.1 Å². The molecular formula is C31H30Cl2N2O6. The molecule has 1 aliphatic heterocycles. The molecule has 4 amide bonds. The molecule has 10 heteroatoms. The summed E-state index contributed by atoms with van der Waals surface area (Å²) in [6.07, 6.45) is 8.99. The SMILES string of the molecule is CCOC(=O)COc1c(Cl)cc(/C=C2\C(=O)NC(=O)N(c3ccc(C45CC6CC(CC(C6)C4)C5)cc3)C2=O)cc1Cl. The van der Waals surface area contributed by atoms with Crippen LogP contribution in [-0.4, -0.2) is 37.0 Å². The third kappa shape index (κ3) is 5.24. The Morgan fingerprint density at radius 1 is 1.00 bits per heavy atom. The molecule has 0 unspecified atom stereocenters. The number of amides is 4. The van der Waals surface area contributed by atoms with Crippen molar-refractivity contribution in [1.29, 1.82) is 0 Å². The summed E-state index contributed by atoms with van der Waals surface area (Å²) in [6, 6.07) is 9.75. The maximum Gasteiger partial charge on any atom is 0.344 e. The van der Waals surface area contributed by atoms with Crippen molar-refractivity contribution in [2.75, 3.05) is 18.1 Å². The zero-order valence-electron chi connectivity index (χ0n) is 22.6. The van der Waals surface area contributed by atoms with Gasteiger partial charge in [0, 0.05) is 0 Å². The molecule has 41 heavy (non-hydrogen) atoms. The Labute approximate surface area is 247 Å². The lowest BCUT2D eigenvalue weighted by atomic mass is 9.48. The number of hydrogen-bond acceptors (Lipinski definition) is 6. The van der Waals surface area contributed by atoms with Crippen LogP contribution in [0.1, 0.15) is 56.6 Å². The molecule has 5 fully saturated rings. The van der Waals surface area contributed by atoms with Gasteiger partial charge in [-0.2, -0.15) is 0 Å². The van der Waals surface area contributed by atoms with Crippen molar-refractivity contribution in [2.24, 2.45) is 17.8 Å². The molecule has 1 heterocycles. The second-order valence-corrected chi connectivity index (χ2v) is 12.4. The molecule has 4 bridgehead atoms. The van der Waals surface area contributed by atoms with Gasteiger partial charge in [-0.05, 0) is 110 Å². The number of nitrogens with one attached hydrogen (secondary N) is 1. The van der Waals surface area contributed by atoms with Gasteiger partial charge in [0.15, 0.2) is 12.4 Å². The summed E-state index contributed by atoms with van der Waals surface area (Å²) in [6.45, 7) is 1.50. The highest BCUT2D eigenvalue weighted by Gasteiger charge is 2.51. The quantitative estimate of drug-likeness (QED) is 0.236. The predicted octanol–water partition coefficient (Wildman–Crippen LogP) is 6.07. The summed E-state index contributed by atoms with van der Waals surface area (Å²) in [5, 5.41) is 2.40. The molecule has 1 N–H and O–H groups in total. The highest BCUT2D eigenvalue weighted by Crippen LogP contribution is 2.60. The largest absolute Gasteiger partial charge is 0.479 e. The Balaban J connectivity index is 1.23. The van der Waals surface area contributed by atoms with Crippen molar-refractivity contribution in [3.63, 3.8) is 0 Å². The van der Waals surface area contributed by atoms with E-state index in [0.29, 0.717) is 11.3 Å². The number of rotatable bonds is 7. The Hall–Kier alpha value is -3.36. The lowest BCUT2D eigenvalue weighted by molar-refractivity contribution is -0.145. The number of imide groups is 2. The topological polar surface area (TPSA) is 102 Å². The number of barbiturate groups is 1. The number of nitrogens with zero attached hydrogens (tertiary/aromatic N) is 1. The summed E-state index contributed by atoms with van der Waals surface area (Å²) >= 11 is 12.6. The molecule has 0 spiro atoms. The number of hydrogen-bond donors (Lipinski definition) is 1. The Morgan fingerprint density at radius 3 is 2.15 bits per heavy atom. The maximum atomic E-state index is 13.5. The van der Waals surface area contributed by atoms with E-state index in [2.05, 4.69) is 5.32 Å². The summed E-state index contributed by atoms with van der Waals surface area (Å²) in [4.78, 5) is 51.5. The van der Waals surface area contributed by atoms with Crippen LogP contribution in [0.25, 0.3) is 6.08 Å².